The van der Waals surface area contributed by atoms with Gasteiger partial charge in [-0.15, -0.1) is 11.3 Å². The highest BCUT2D eigenvalue weighted by atomic mass is 32.1. The van der Waals surface area contributed by atoms with Crippen LogP contribution in [0.5, 0.6) is 0 Å². The second kappa shape index (κ2) is 8.64. The number of ether oxygens (including phenoxy) is 1. The van der Waals surface area contributed by atoms with Crippen molar-refractivity contribution in [2.45, 2.75) is 39.7 Å². The van der Waals surface area contributed by atoms with E-state index in [0.29, 0.717) is 32.5 Å². The summed E-state index contributed by atoms with van der Waals surface area (Å²) in [5.41, 5.74) is 3.01. The second-order valence-electron chi connectivity index (χ2n) is 7.91. The summed E-state index contributed by atoms with van der Waals surface area (Å²) in [4.78, 5) is 28.7. The average Bonchev–Trinajstić information content (AvgIpc) is 3.29. The lowest BCUT2D eigenvalue weighted by molar-refractivity contribution is -0.149. The van der Waals surface area contributed by atoms with Gasteiger partial charge in [0.05, 0.1) is 28.8 Å². The summed E-state index contributed by atoms with van der Waals surface area (Å²) in [7, 11) is 0. The number of piperidine rings is 1. The molecule has 158 valence electrons. The number of esters is 1. The predicted molar refractivity (Wildman–Crippen MR) is 120 cm³/mol. The van der Waals surface area contributed by atoms with Crippen LogP contribution in [0.1, 0.15) is 53.7 Å². The van der Waals surface area contributed by atoms with Crippen LogP contribution < -0.4 is 0 Å². The normalized spacial score (nSPS) is 16.0. The minimum atomic E-state index is -0.137. The molecule has 1 atom stereocenters. The van der Waals surface area contributed by atoms with E-state index in [9.17, 15) is 9.59 Å². The van der Waals surface area contributed by atoms with Crippen LogP contribution in [0, 0.1) is 12.8 Å². The highest BCUT2D eigenvalue weighted by Crippen LogP contribution is 2.34. The van der Waals surface area contributed by atoms with Crippen LogP contribution in [0.15, 0.2) is 42.5 Å². The van der Waals surface area contributed by atoms with Gasteiger partial charge >= 0.3 is 5.97 Å². The number of rotatable bonds is 5. The Morgan fingerprint density at radius 1 is 1.17 bits per heavy atom. The predicted octanol–water partition coefficient (Wildman–Crippen LogP) is 5.04. The molecule has 0 saturated carbocycles. The van der Waals surface area contributed by atoms with E-state index in [2.05, 4.69) is 36.6 Å². The Kier molecular flexibility index (Phi) is 5.95. The molecule has 0 aliphatic carbocycles. The van der Waals surface area contributed by atoms with Crippen LogP contribution in [0.4, 0.5) is 0 Å². The van der Waals surface area contributed by atoms with Crippen LogP contribution in [0.25, 0.3) is 10.2 Å². The first-order valence-corrected chi connectivity index (χ1v) is 11.4. The SMILES string of the molecule is CCOC(=O)C1CCN(C(=O)c2cc3sc(C)cc3n2[C@H](C)c2ccccc2)CC1. The molecule has 6 heteroatoms. The Balaban J connectivity index is 1.62. The molecule has 0 spiro atoms. The minimum Gasteiger partial charge on any atom is -0.466 e. The molecule has 1 aromatic carbocycles. The molecule has 0 unspecified atom stereocenters. The first-order chi connectivity index (χ1) is 14.5. The van der Waals surface area contributed by atoms with Crippen LogP contribution in [-0.4, -0.2) is 41.0 Å². The van der Waals surface area contributed by atoms with Crippen molar-refractivity contribution in [2.75, 3.05) is 19.7 Å². The van der Waals surface area contributed by atoms with Crippen LogP contribution >= 0.6 is 11.3 Å². The van der Waals surface area contributed by atoms with E-state index < -0.39 is 0 Å². The van der Waals surface area contributed by atoms with Gasteiger partial charge in [0.25, 0.3) is 5.91 Å². The van der Waals surface area contributed by atoms with Gasteiger partial charge in [0, 0.05) is 18.0 Å². The molecule has 4 rings (SSSR count). The Morgan fingerprint density at radius 3 is 2.53 bits per heavy atom. The van der Waals surface area contributed by atoms with Gasteiger partial charge < -0.3 is 14.2 Å². The van der Waals surface area contributed by atoms with Gasteiger partial charge in [0.15, 0.2) is 0 Å². The zero-order chi connectivity index (χ0) is 21.3. The minimum absolute atomic E-state index is 0.0427. The van der Waals surface area contributed by atoms with Crippen molar-refractivity contribution in [3.8, 4) is 0 Å². The van der Waals surface area contributed by atoms with E-state index >= 15 is 0 Å². The highest BCUT2D eigenvalue weighted by molar-refractivity contribution is 7.19. The van der Waals surface area contributed by atoms with E-state index in [1.54, 1.807) is 11.3 Å². The van der Waals surface area contributed by atoms with Crippen molar-refractivity contribution >= 4 is 33.4 Å². The van der Waals surface area contributed by atoms with Crippen molar-refractivity contribution in [2.24, 2.45) is 5.92 Å². The van der Waals surface area contributed by atoms with Crippen LogP contribution in [0.2, 0.25) is 0 Å². The molecule has 5 nitrogen and oxygen atoms in total. The summed E-state index contributed by atoms with van der Waals surface area (Å²) in [5.74, 6) is -0.196. The fourth-order valence-electron chi connectivity index (χ4n) is 4.34. The lowest BCUT2D eigenvalue weighted by atomic mass is 9.97. The lowest BCUT2D eigenvalue weighted by Crippen LogP contribution is -2.41. The first kappa shape index (κ1) is 20.7. The number of thiophene rings is 1. The Bertz CT molecular complexity index is 1050. The number of fused-ring (bicyclic) bond motifs is 1. The van der Waals surface area contributed by atoms with Gasteiger partial charge in [0.2, 0.25) is 0 Å². The molecule has 1 aliphatic rings. The molecular weight excluding hydrogens is 396 g/mol. The number of likely N-dealkylation sites (tertiary alicyclic amines) is 1. The maximum atomic E-state index is 13.5. The maximum absolute atomic E-state index is 13.5. The monoisotopic (exact) mass is 424 g/mol. The number of nitrogens with zero attached hydrogens (tertiary/aromatic N) is 2. The van der Waals surface area contributed by atoms with Crippen molar-refractivity contribution in [1.29, 1.82) is 0 Å². The summed E-state index contributed by atoms with van der Waals surface area (Å²) in [5, 5.41) is 0. The van der Waals surface area contributed by atoms with E-state index in [-0.39, 0.29) is 23.8 Å². The number of benzene rings is 1. The highest BCUT2D eigenvalue weighted by Gasteiger charge is 2.31. The largest absolute Gasteiger partial charge is 0.466 e. The molecule has 1 aliphatic heterocycles. The lowest BCUT2D eigenvalue weighted by Gasteiger charge is -2.31. The molecule has 1 saturated heterocycles. The summed E-state index contributed by atoms with van der Waals surface area (Å²) in [6.07, 6.45) is 1.32. The summed E-state index contributed by atoms with van der Waals surface area (Å²) in [6.45, 7) is 7.64. The number of carbonyl (C=O) groups is 2. The van der Waals surface area contributed by atoms with Crippen molar-refractivity contribution in [1.82, 2.24) is 9.47 Å². The number of aromatic nitrogens is 1. The summed E-state index contributed by atoms with van der Waals surface area (Å²) in [6, 6.07) is 14.5. The average molecular weight is 425 g/mol. The van der Waals surface area contributed by atoms with Gasteiger partial charge in [-0.05, 0) is 51.3 Å². The Labute approximate surface area is 181 Å². The fourth-order valence-corrected chi connectivity index (χ4v) is 5.29. The molecule has 0 radical (unpaired) electrons. The number of aryl methyl sites for hydroxylation is 1. The van der Waals surface area contributed by atoms with E-state index in [1.807, 2.05) is 36.1 Å². The number of amides is 1. The molecule has 1 amide bonds. The smallest absolute Gasteiger partial charge is 0.309 e. The third kappa shape index (κ3) is 3.88. The van der Waals surface area contributed by atoms with E-state index in [1.165, 1.54) is 10.4 Å². The number of carbonyl (C=O) groups excluding carboxylic acids is 2. The quantitative estimate of drug-likeness (QED) is 0.540. The molecule has 2 aromatic heterocycles. The van der Waals surface area contributed by atoms with Gasteiger partial charge in [0.1, 0.15) is 5.69 Å². The number of hydrogen-bond acceptors (Lipinski definition) is 4. The van der Waals surface area contributed by atoms with Crippen molar-refractivity contribution in [3.05, 3.63) is 58.6 Å². The van der Waals surface area contributed by atoms with Crippen molar-refractivity contribution in [3.63, 3.8) is 0 Å². The van der Waals surface area contributed by atoms with Crippen molar-refractivity contribution < 1.29 is 14.3 Å². The van der Waals surface area contributed by atoms with Crippen LogP contribution in [0.3, 0.4) is 0 Å². The maximum Gasteiger partial charge on any atom is 0.309 e. The summed E-state index contributed by atoms with van der Waals surface area (Å²) >= 11 is 1.72. The zero-order valence-electron chi connectivity index (χ0n) is 17.8. The topological polar surface area (TPSA) is 51.5 Å². The molecule has 3 heterocycles. The first-order valence-electron chi connectivity index (χ1n) is 10.6. The standard InChI is InChI=1S/C24H28N2O3S/c1-4-29-24(28)19-10-12-25(13-11-19)23(27)21-15-22-20(14-16(2)30-22)26(21)17(3)18-8-6-5-7-9-18/h5-9,14-15,17,19H,4,10-13H2,1-3H3/t17-/m1/s1. The second-order valence-corrected chi connectivity index (χ2v) is 9.20. The van der Waals surface area contributed by atoms with Gasteiger partial charge in [-0.2, -0.15) is 0 Å². The molecule has 30 heavy (non-hydrogen) atoms. The van der Waals surface area contributed by atoms with E-state index in [4.69, 9.17) is 4.74 Å². The molecule has 3 aromatic rings. The molecule has 1 fully saturated rings. The van der Waals surface area contributed by atoms with Gasteiger partial charge in [-0.1, -0.05) is 30.3 Å². The van der Waals surface area contributed by atoms with E-state index in [0.717, 1.165) is 15.9 Å². The number of hydrogen-bond donors (Lipinski definition) is 0. The fraction of sp³-hybridized carbons (Fsp3) is 0.417. The van der Waals surface area contributed by atoms with Gasteiger partial charge in [-0.25, -0.2) is 0 Å². The summed E-state index contributed by atoms with van der Waals surface area (Å²) < 4.78 is 8.47. The molecular formula is C24H28N2O3S. The third-order valence-corrected chi connectivity index (χ3v) is 6.93. The molecule has 0 bridgehead atoms. The molecule has 0 N–H and O–H groups in total. The van der Waals surface area contributed by atoms with Crippen LogP contribution in [-0.2, 0) is 9.53 Å². The Hall–Kier alpha value is -2.60. The third-order valence-electron chi connectivity index (χ3n) is 5.94. The Morgan fingerprint density at radius 2 is 1.87 bits per heavy atom. The van der Waals surface area contributed by atoms with Gasteiger partial charge in [-0.3, -0.25) is 9.59 Å². The zero-order valence-corrected chi connectivity index (χ0v) is 18.6.